The Hall–Kier alpha value is -1.13. The van der Waals surface area contributed by atoms with Crippen LogP contribution >= 0.6 is 0 Å². The highest BCUT2D eigenvalue weighted by Crippen LogP contribution is 2.29. The Bertz CT molecular complexity index is 466. The molecule has 0 aliphatic carbocycles. The summed E-state index contributed by atoms with van der Waals surface area (Å²) in [6.45, 7) is 6.13. The number of anilines is 1. The zero-order valence-corrected chi connectivity index (χ0v) is 13.3. The van der Waals surface area contributed by atoms with Crippen LogP contribution in [0.4, 0.5) is 10.1 Å². The van der Waals surface area contributed by atoms with Crippen LogP contribution in [0.5, 0.6) is 0 Å². The zero-order valence-electron chi connectivity index (χ0n) is 13.3. The lowest BCUT2D eigenvalue weighted by atomic mass is 9.94. The summed E-state index contributed by atoms with van der Waals surface area (Å²) in [4.78, 5) is 2.31. The maximum atomic E-state index is 13.6. The first-order valence-corrected chi connectivity index (χ1v) is 7.86. The van der Waals surface area contributed by atoms with Crippen molar-refractivity contribution in [2.24, 2.45) is 11.7 Å². The molecule has 1 fully saturated rings. The number of methoxy groups -OCH3 is 1. The third-order valence-corrected chi connectivity index (χ3v) is 4.58. The lowest BCUT2D eigenvalue weighted by Gasteiger charge is -2.38. The molecule has 0 saturated carbocycles. The van der Waals surface area contributed by atoms with E-state index in [2.05, 4.69) is 18.7 Å². The summed E-state index contributed by atoms with van der Waals surface area (Å²) in [7, 11) is 1.77. The molecular formula is C17H27FN2O. The molecule has 1 heterocycles. The van der Waals surface area contributed by atoms with Gasteiger partial charge in [0.25, 0.3) is 0 Å². The summed E-state index contributed by atoms with van der Waals surface area (Å²) >= 11 is 0. The highest BCUT2D eigenvalue weighted by molar-refractivity contribution is 5.54. The largest absolute Gasteiger partial charge is 0.379 e. The van der Waals surface area contributed by atoms with E-state index in [1.54, 1.807) is 13.2 Å². The molecular weight excluding hydrogens is 267 g/mol. The average Bonchev–Trinajstić information content (AvgIpc) is 2.48. The minimum Gasteiger partial charge on any atom is -0.379 e. The molecule has 0 bridgehead atoms. The summed E-state index contributed by atoms with van der Waals surface area (Å²) < 4.78 is 19.2. The number of nitrogens with zero attached hydrogens (tertiary/aromatic N) is 1. The number of benzene rings is 1. The number of nitrogens with two attached hydrogens (primary N) is 1. The van der Waals surface area contributed by atoms with Gasteiger partial charge in [0.2, 0.25) is 0 Å². The Morgan fingerprint density at radius 1 is 1.48 bits per heavy atom. The highest BCUT2D eigenvalue weighted by Gasteiger charge is 2.27. The molecule has 21 heavy (non-hydrogen) atoms. The number of ether oxygens (including phenoxy) is 1. The van der Waals surface area contributed by atoms with Crippen LogP contribution in [-0.4, -0.2) is 32.3 Å². The van der Waals surface area contributed by atoms with Crippen molar-refractivity contribution in [1.29, 1.82) is 0 Å². The SMILES string of the molecule is CCC(N)Cc1cc(F)ccc1N1CCC(C)C(OC)C1. The maximum Gasteiger partial charge on any atom is 0.123 e. The van der Waals surface area contributed by atoms with Crippen LogP contribution in [0.1, 0.15) is 32.3 Å². The van der Waals surface area contributed by atoms with E-state index < -0.39 is 0 Å². The van der Waals surface area contributed by atoms with Gasteiger partial charge in [-0.3, -0.25) is 0 Å². The van der Waals surface area contributed by atoms with Crippen LogP contribution in [0.2, 0.25) is 0 Å². The van der Waals surface area contributed by atoms with E-state index in [4.69, 9.17) is 10.5 Å². The van der Waals surface area contributed by atoms with Gasteiger partial charge < -0.3 is 15.4 Å². The third kappa shape index (κ3) is 3.95. The van der Waals surface area contributed by atoms with E-state index >= 15 is 0 Å². The summed E-state index contributed by atoms with van der Waals surface area (Å²) in [5, 5.41) is 0. The molecule has 0 spiro atoms. The number of hydrogen-bond acceptors (Lipinski definition) is 3. The van der Waals surface area contributed by atoms with Crippen molar-refractivity contribution in [3.63, 3.8) is 0 Å². The Morgan fingerprint density at radius 2 is 2.24 bits per heavy atom. The molecule has 118 valence electrons. The number of hydrogen-bond donors (Lipinski definition) is 1. The predicted octanol–water partition coefficient (Wildman–Crippen LogP) is 2.97. The molecule has 0 radical (unpaired) electrons. The van der Waals surface area contributed by atoms with Crippen LogP contribution < -0.4 is 10.6 Å². The molecule has 3 atom stereocenters. The fourth-order valence-electron chi connectivity index (χ4n) is 3.01. The third-order valence-electron chi connectivity index (χ3n) is 4.58. The van der Waals surface area contributed by atoms with E-state index in [0.717, 1.165) is 37.2 Å². The number of rotatable bonds is 5. The molecule has 1 aromatic rings. The van der Waals surface area contributed by atoms with E-state index in [1.807, 2.05) is 6.07 Å². The molecule has 0 amide bonds. The lowest BCUT2D eigenvalue weighted by Crippen LogP contribution is -2.44. The molecule has 0 aromatic heterocycles. The van der Waals surface area contributed by atoms with Crippen molar-refractivity contribution in [3.05, 3.63) is 29.6 Å². The standard InChI is InChI=1S/C17H27FN2O/c1-4-15(19)10-13-9-14(18)5-6-16(13)20-8-7-12(2)17(11-20)21-3/h5-6,9,12,15,17H,4,7-8,10-11,19H2,1-3H3. The van der Waals surface area contributed by atoms with Gasteiger partial charge in [-0.25, -0.2) is 4.39 Å². The monoisotopic (exact) mass is 294 g/mol. The van der Waals surface area contributed by atoms with Gasteiger partial charge >= 0.3 is 0 Å². The Labute approximate surface area is 127 Å². The topological polar surface area (TPSA) is 38.5 Å². The average molecular weight is 294 g/mol. The Morgan fingerprint density at radius 3 is 2.90 bits per heavy atom. The minimum atomic E-state index is -0.189. The van der Waals surface area contributed by atoms with Crippen molar-refractivity contribution >= 4 is 5.69 Å². The molecule has 3 nitrogen and oxygen atoms in total. The quantitative estimate of drug-likeness (QED) is 0.907. The van der Waals surface area contributed by atoms with Crippen molar-refractivity contribution in [1.82, 2.24) is 0 Å². The van der Waals surface area contributed by atoms with Crippen LogP contribution in [0.15, 0.2) is 18.2 Å². The van der Waals surface area contributed by atoms with Gasteiger partial charge in [-0.05, 0) is 48.9 Å². The first-order chi connectivity index (χ1) is 10.0. The molecule has 1 aliphatic heterocycles. The zero-order chi connectivity index (χ0) is 15.4. The van der Waals surface area contributed by atoms with Crippen LogP contribution in [0.3, 0.4) is 0 Å². The molecule has 1 aliphatic rings. The van der Waals surface area contributed by atoms with Gasteiger partial charge in [0.1, 0.15) is 5.82 Å². The molecule has 2 rings (SSSR count). The van der Waals surface area contributed by atoms with E-state index in [-0.39, 0.29) is 18.0 Å². The van der Waals surface area contributed by atoms with Crippen LogP contribution in [0.25, 0.3) is 0 Å². The second-order valence-electron chi connectivity index (χ2n) is 6.13. The summed E-state index contributed by atoms with van der Waals surface area (Å²) in [5.74, 6) is 0.374. The molecule has 1 aromatic carbocycles. The smallest absolute Gasteiger partial charge is 0.123 e. The highest BCUT2D eigenvalue weighted by atomic mass is 19.1. The van der Waals surface area contributed by atoms with Gasteiger partial charge in [0.15, 0.2) is 0 Å². The van der Waals surface area contributed by atoms with Gasteiger partial charge in [0.05, 0.1) is 6.10 Å². The van der Waals surface area contributed by atoms with Gasteiger partial charge in [-0.2, -0.15) is 0 Å². The first kappa shape index (κ1) is 16.2. The molecule has 2 N–H and O–H groups in total. The number of piperidine rings is 1. The van der Waals surface area contributed by atoms with Gasteiger partial charge in [0, 0.05) is 31.9 Å². The second-order valence-corrected chi connectivity index (χ2v) is 6.13. The normalized spacial score (nSPS) is 24.1. The second kappa shape index (κ2) is 7.23. The summed E-state index contributed by atoms with van der Waals surface area (Å²) in [5.41, 5.74) is 8.18. The number of halogens is 1. The van der Waals surface area contributed by atoms with Crippen LogP contribution in [0, 0.1) is 11.7 Å². The lowest BCUT2D eigenvalue weighted by molar-refractivity contribution is 0.0498. The summed E-state index contributed by atoms with van der Waals surface area (Å²) in [6, 6.07) is 5.13. The fraction of sp³-hybridized carbons (Fsp3) is 0.647. The van der Waals surface area contributed by atoms with Crippen LogP contribution in [-0.2, 0) is 11.2 Å². The van der Waals surface area contributed by atoms with Gasteiger partial charge in [-0.1, -0.05) is 13.8 Å². The van der Waals surface area contributed by atoms with E-state index in [0.29, 0.717) is 12.3 Å². The van der Waals surface area contributed by atoms with Crippen molar-refractivity contribution in [2.45, 2.75) is 45.3 Å². The molecule has 4 heteroatoms. The first-order valence-electron chi connectivity index (χ1n) is 7.86. The van der Waals surface area contributed by atoms with E-state index in [1.165, 1.54) is 6.07 Å². The van der Waals surface area contributed by atoms with Crippen molar-refractivity contribution in [2.75, 3.05) is 25.1 Å². The summed E-state index contributed by atoms with van der Waals surface area (Å²) in [6.07, 6.45) is 2.94. The molecule has 3 unspecified atom stereocenters. The maximum absolute atomic E-state index is 13.6. The van der Waals surface area contributed by atoms with E-state index in [9.17, 15) is 4.39 Å². The van der Waals surface area contributed by atoms with Gasteiger partial charge in [-0.15, -0.1) is 0 Å². The molecule has 1 saturated heterocycles. The minimum absolute atomic E-state index is 0.0764. The van der Waals surface area contributed by atoms with Crippen molar-refractivity contribution in [3.8, 4) is 0 Å². The predicted molar refractivity (Wildman–Crippen MR) is 85.2 cm³/mol. The van der Waals surface area contributed by atoms with Crippen molar-refractivity contribution < 1.29 is 9.13 Å². The fourth-order valence-corrected chi connectivity index (χ4v) is 3.01. The Kier molecular flexibility index (Phi) is 5.59. The Balaban J connectivity index is 2.22.